The summed E-state index contributed by atoms with van der Waals surface area (Å²) in [4.78, 5) is 13.1. The van der Waals surface area contributed by atoms with Crippen molar-refractivity contribution in [1.29, 1.82) is 0 Å². The lowest BCUT2D eigenvalue weighted by molar-refractivity contribution is -0.302. The van der Waals surface area contributed by atoms with Gasteiger partial charge in [0.2, 0.25) is 5.91 Å². The number of unbranched alkanes of at least 4 members (excludes halogenated alkanes) is 45. The number of carbonyl (C=O) groups is 1. The Morgan fingerprint density at radius 1 is 0.465 bits per heavy atom. The summed E-state index contributed by atoms with van der Waals surface area (Å²) >= 11 is 0. The van der Waals surface area contributed by atoms with Crippen molar-refractivity contribution in [3.8, 4) is 0 Å². The average molecular weight is 1010 g/mol. The van der Waals surface area contributed by atoms with Crippen molar-refractivity contribution in [2.75, 3.05) is 13.2 Å². The summed E-state index contributed by atoms with van der Waals surface area (Å²) in [6, 6.07) is -0.800. The Hall–Kier alpha value is -1.07. The maximum Gasteiger partial charge on any atom is 0.220 e. The highest BCUT2D eigenvalue weighted by molar-refractivity contribution is 5.76. The summed E-state index contributed by atoms with van der Waals surface area (Å²) in [5.74, 6) is -0.169. The van der Waals surface area contributed by atoms with Gasteiger partial charge in [0.1, 0.15) is 24.4 Å². The van der Waals surface area contributed by atoms with Crippen LogP contribution in [0.1, 0.15) is 322 Å². The molecule has 9 nitrogen and oxygen atoms in total. The van der Waals surface area contributed by atoms with Gasteiger partial charge in [-0.05, 0) is 19.3 Å². The predicted molar refractivity (Wildman–Crippen MR) is 300 cm³/mol. The molecule has 7 atom stereocenters. The third-order valence-electron chi connectivity index (χ3n) is 15.4. The first-order chi connectivity index (χ1) is 34.8. The Kier molecular flexibility index (Phi) is 50.1. The van der Waals surface area contributed by atoms with Crippen LogP contribution in [0.2, 0.25) is 0 Å². The zero-order valence-corrected chi connectivity index (χ0v) is 47.0. The largest absolute Gasteiger partial charge is 0.394 e. The molecule has 71 heavy (non-hydrogen) atoms. The number of carbonyl (C=O) groups excluding carboxylic acids is 1. The van der Waals surface area contributed by atoms with E-state index in [2.05, 4.69) is 19.2 Å². The molecule has 9 heteroatoms. The predicted octanol–water partition coefficient (Wildman–Crippen LogP) is 16.0. The van der Waals surface area contributed by atoms with Gasteiger partial charge < -0.3 is 40.3 Å². The SMILES string of the molecule is CCCCCCCCCCCCCCCC/C=C/C(O)C(COC1OC(CO)C(O)C(O)C1O)NC(=O)CCCCCCCCCCCCCCCCCCCCCCCCCCCCCCCCCC. The number of ether oxygens (including phenoxy) is 2. The first-order valence-electron chi connectivity index (χ1n) is 31.4. The van der Waals surface area contributed by atoms with Gasteiger partial charge in [-0.15, -0.1) is 0 Å². The molecule has 422 valence electrons. The van der Waals surface area contributed by atoms with E-state index in [9.17, 15) is 30.3 Å². The van der Waals surface area contributed by atoms with Gasteiger partial charge in [-0.25, -0.2) is 0 Å². The third kappa shape index (κ3) is 41.8. The molecular weight excluding hydrogens is 887 g/mol. The van der Waals surface area contributed by atoms with Gasteiger partial charge in [-0.1, -0.05) is 309 Å². The molecule has 7 unspecified atom stereocenters. The zero-order valence-electron chi connectivity index (χ0n) is 47.0. The van der Waals surface area contributed by atoms with E-state index in [4.69, 9.17) is 9.47 Å². The quantitative estimate of drug-likeness (QED) is 0.0261. The van der Waals surface area contributed by atoms with Crippen LogP contribution in [-0.4, -0.2) is 87.5 Å². The van der Waals surface area contributed by atoms with Gasteiger partial charge in [0, 0.05) is 6.42 Å². The number of rotatable bonds is 55. The molecule has 0 saturated carbocycles. The van der Waals surface area contributed by atoms with E-state index >= 15 is 0 Å². The van der Waals surface area contributed by atoms with Crippen LogP contribution in [0.25, 0.3) is 0 Å². The minimum absolute atomic E-state index is 0.169. The highest BCUT2D eigenvalue weighted by Gasteiger charge is 2.44. The third-order valence-corrected chi connectivity index (χ3v) is 15.4. The van der Waals surface area contributed by atoms with Crippen molar-refractivity contribution in [2.45, 2.75) is 365 Å². The van der Waals surface area contributed by atoms with Gasteiger partial charge in [0.05, 0.1) is 25.4 Å². The molecule has 1 heterocycles. The Morgan fingerprint density at radius 3 is 1.10 bits per heavy atom. The summed E-state index contributed by atoms with van der Waals surface area (Å²) in [5, 5.41) is 54.5. The Labute approximate surface area is 439 Å². The number of hydrogen-bond acceptors (Lipinski definition) is 8. The number of amides is 1. The molecule has 0 aromatic rings. The number of aliphatic hydroxyl groups excluding tert-OH is 5. The van der Waals surface area contributed by atoms with Crippen LogP contribution in [-0.2, 0) is 14.3 Å². The number of aliphatic hydroxyl groups is 5. The highest BCUT2D eigenvalue weighted by Crippen LogP contribution is 2.23. The molecule has 1 saturated heterocycles. The molecule has 0 aromatic heterocycles. The van der Waals surface area contributed by atoms with Crippen molar-refractivity contribution in [1.82, 2.24) is 5.32 Å². The molecule has 1 rings (SSSR count). The molecule has 1 aliphatic rings. The molecule has 6 N–H and O–H groups in total. The van der Waals surface area contributed by atoms with Gasteiger partial charge >= 0.3 is 0 Å². The van der Waals surface area contributed by atoms with E-state index in [0.717, 1.165) is 38.5 Å². The first kappa shape index (κ1) is 67.9. The summed E-state index contributed by atoms with van der Waals surface area (Å²) in [7, 11) is 0. The lowest BCUT2D eigenvalue weighted by Gasteiger charge is -2.40. The fourth-order valence-electron chi connectivity index (χ4n) is 10.4. The van der Waals surface area contributed by atoms with Gasteiger partial charge in [-0.3, -0.25) is 4.79 Å². The fourth-order valence-corrected chi connectivity index (χ4v) is 10.4. The normalized spacial score (nSPS) is 19.2. The van der Waals surface area contributed by atoms with E-state index in [-0.39, 0.29) is 12.5 Å². The number of allylic oxidation sites excluding steroid dienone is 1. The van der Waals surface area contributed by atoms with E-state index in [0.29, 0.717) is 6.42 Å². The van der Waals surface area contributed by atoms with E-state index < -0.39 is 49.5 Å². The monoisotopic (exact) mass is 1010 g/mol. The Morgan fingerprint density at radius 2 is 0.775 bits per heavy atom. The maximum absolute atomic E-state index is 13.1. The highest BCUT2D eigenvalue weighted by atomic mass is 16.7. The summed E-state index contributed by atoms with van der Waals surface area (Å²) < 4.78 is 11.3. The molecule has 0 aromatic carbocycles. The molecule has 0 aliphatic carbocycles. The van der Waals surface area contributed by atoms with Gasteiger partial charge in [-0.2, -0.15) is 0 Å². The molecule has 1 amide bonds. The van der Waals surface area contributed by atoms with E-state index in [1.807, 2.05) is 6.08 Å². The molecule has 0 radical (unpaired) electrons. The van der Waals surface area contributed by atoms with Crippen molar-refractivity contribution < 1.29 is 39.8 Å². The summed E-state index contributed by atoms with van der Waals surface area (Å²) in [6.45, 7) is 3.82. The van der Waals surface area contributed by atoms with Gasteiger partial charge in [0.15, 0.2) is 6.29 Å². The Balaban J connectivity index is 2.10. The maximum atomic E-state index is 13.1. The lowest BCUT2D eigenvalue weighted by atomic mass is 9.99. The Bertz CT molecular complexity index is 1120. The lowest BCUT2D eigenvalue weighted by Crippen LogP contribution is -2.60. The second-order valence-electron chi connectivity index (χ2n) is 22.2. The molecule has 0 bridgehead atoms. The van der Waals surface area contributed by atoms with Crippen LogP contribution in [0.5, 0.6) is 0 Å². The number of hydrogen-bond donors (Lipinski definition) is 6. The smallest absolute Gasteiger partial charge is 0.220 e. The van der Waals surface area contributed by atoms with Crippen molar-refractivity contribution >= 4 is 5.91 Å². The van der Waals surface area contributed by atoms with Crippen LogP contribution in [0.4, 0.5) is 0 Å². The minimum atomic E-state index is -1.56. The fraction of sp³-hybridized carbons (Fsp3) is 0.952. The topological polar surface area (TPSA) is 149 Å². The van der Waals surface area contributed by atoms with Crippen molar-refractivity contribution in [3.05, 3.63) is 12.2 Å². The van der Waals surface area contributed by atoms with Crippen LogP contribution >= 0.6 is 0 Å². The zero-order chi connectivity index (χ0) is 51.5. The minimum Gasteiger partial charge on any atom is -0.394 e. The van der Waals surface area contributed by atoms with Crippen LogP contribution in [0.3, 0.4) is 0 Å². The van der Waals surface area contributed by atoms with Crippen LogP contribution < -0.4 is 5.32 Å². The first-order valence-corrected chi connectivity index (χ1v) is 31.4. The standard InChI is InChI=1S/C62H121NO8/c1-3-5-7-9-11-13-15-17-19-21-22-23-24-25-26-27-28-29-30-31-32-33-34-35-36-38-40-42-44-46-48-50-52-58(66)63-55(54-70-62-61(69)60(68)59(67)57(53-64)71-62)56(65)51-49-47-45-43-41-39-37-20-18-16-14-12-10-8-6-4-2/h49,51,55-57,59-62,64-65,67-69H,3-48,50,52-54H2,1-2H3,(H,63,66)/b51-49+. The van der Waals surface area contributed by atoms with Crippen molar-refractivity contribution in [3.63, 3.8) is 0 Å². The molecule has 1 aliphatic heterocycles. The second kappa shape index (κ2) is 52.4. The van der Waals surface area contributed by atoms with Gasteiger partial charge in [0.25, 0.3) is 0 Å². The van der Waals surface area contributed by atoms with E-state index in [1.54, 1.807) is 6.08 Å². The molecule has 1 fully saturated rings. The van der Waals surface area contributed by atoms with Crippen LogP contribution in [0, 0.1) is 0 Å². The second-order valence-corrected chi connectivity index (χ2v) is 22.2. The molecule has 0 spiro atoms. The van der Waals surface area contributed by atoms with Crippen molar-refractivity contribution in [2.24, 2.45) is 0 Å². The number of nitrogens with one attached hydrogen (secondary N) is 1. The summed E-state index contributed by atoms with van der Waals surface area (Å²) in [5.41, 5.74) is 0. The van der Waals surface area contributed by atoms with Crippen LogP contribution in [0.15, 0.2) is 12.2 Å². The molecular formula is C62H121NO8. The van der Waals surface area contributed by atoms with E-state index in [1.165, 1.54) is 263 Å². The summed E-state index contributed by atoms with van der Waals surface area (Å²) in [6.07, 6.45) is 58.8. The average Bonchev–Trinajstić information content (AvgIpc) is 3.37.